The zero-order chi connectivity index (χ0) is 12.4. The van der Waals surface area contributed by atoms with Crippen molar-refractivity contribution in [3.8, 4) is 11.5 Å². The Morgan fingerprint density at radius 1 is 1.38 bits per heavy atom. The van der Waals surface area contributed by atoms with E-state index >= 15 is 0 Å². The Hall–Kier alpha value is -1.01. The molecule has 0 fully saturated rings. The highest BCUT2D eigenvalue weighted by molar-refractivity contribution is 6.83. The third kappa shape index (κ3) is 9.54. The van der Waals surface area contributed by atoms with Crippen LogP contribution < -0.4 is 0 Å². The van der Waals surface area contributed by atoms with E-state index in [1.807, 2.05) is 6.08 Å². The molecule has 1 N–H and O–H groups in total. The van der Waals surface area contributed by atoms with Gasteiger partial charge in [-0.25, -0.2) is 0 Å². The molecule has 0 radical (unpaired) electrons. The minimum atomic E-state index is -1.22. The average Bonchev–Trinajstić information content (AvgIpc) is 2.20. The lowest BCUT2D eigenvalue weighted by Crippen LogP contribution is -2.16. The van der Waals surface area contributed by atoms with E-state index < -0.39 is 8.07 Å². The molecule has 0 saturated carbocycles. The highest BCUT2D eigenvalue weighted by atomic mass is 28.3. The fourth-order valence-electron chi connectivity index (χ4n) is 1.20. The van der Waals surface area contributed by atoms with Gasteiger partial charge in [-0.1, -0.05) is 30.9 Å². The van der Waals surface area contributed by atoms with Gasteiger partial charge in [0.1, 0.15) is 8.07 Å². The smallest absolute Gasteiger partial charge is 0.129 e. The van der Waals surface area contributed by atoms with Gasteiger partial charge in [-0.3, -0.25) is 0 Å². The van der Waals surface area contributed by atoms with Gasteiger partial charge in [0, 0.05) is 6.42 Å². The van der Waals surface area contributed by atoms with Crippen molar-refractivity contribution in [3.63, 3.8) is 0 Å². The quantitative estimate of drug-likeness (QED) is 0.142. The summed E-state index contributed by atoms with van der Waals surface area (Å²) >= 11 is 0. The molecule has 0 amide bonds. The maximum atomic E-state index is 8.76. The first-order valence-electron chi connectivity index (χ1n) is 5.80. The highest BCUT2D eigenvalue weighted by Crippen LogP contribution is 2.04. The van der Waals surface area contributed by atoms with Crippen LogP contribution in [0.1, 0.15) is 32.1 Å². The molecule has 0 rings (SSSR count). The molecule has 0 atom stereocenters. The van der Waals surface area contributed by atoms with E-state index in [0.29, 0.717) is 0 Å². The molecule has 16 heavy (non-hydrogen) atoms. The van der Waals surface area contributed by atoms with Crippen molar-refractivity contribution in [2.45, 2.75) is 51.7 Å². The summed E-state index contributed by atoms with van der Waals surface area (Å²) in [6.07, 6.45) is 6.24. The Kier molecular flexibility index (Phi) is 7.66. The van der Waals surface area contributed by atoms with Crippen LogP contribution in [0.2, 0.25) is 19.6 Å². The molecular weight excluding hydrogens is 214 g/mol. The zero-order valence-electron chi connectivity index (χ0n) is 10.7. The van der Waals surface area contributed by atoms with E-state index in [1.165, 1.54) is 0 Å². The Balaban J connectivity index is 3.79. The molecule has 0 aromatic heterocycles. The van der Waals surface area contributed by atoms with Crippen LogP contribution in [0, 0.1) is 11.5 Å². The first-order valence-corrected chi connectivity index (χ1v) is 9.30. The van der Waals surface area contributed by atoms with E-state index in [0.717, 1.165) is 37.8 Å². The van der Waals surface area contributed by atoms with Crippen LogP contribution in [-0.4, -0.2) is 19.0 Å². The fraction of sp³-hybridized carbons (Fsp3) is 0.615. The lowest BCUT2D eigenvalue weighted by Gasteiger charge is -2.03. The van der Waals surface area contributed by atoms with Crippen LogP contribution in [0.3, 0.4) is 0 Å². The summed E-state index contributed by atoms with van der Waals surface area (Å²) in [6, 6.07) is 0. The van der Waals surface area contributed by atoms with Crippen molar-refractivity contribution in [1.82, 2.24) is 0 Å². The van der Waals surface area contributed by atoms with Gasteiger partial charge in [0.2, 0.25) is 0 Å². The molecule has 0 aromatic rings. The van der Waals surface area contributed by atoms with Gasteiger partial charge in [0.05, 0.1) is 5.71 Å². The summed E-state index contributed by atoms with van der Waals surface area (Å²) in [5, 5.41) is 12.1. The van der Waals surface area contributed by atoms with Gasteiger partial charge >= 0.3 is 0 Å². The largest absolute Gasteiger partial charge is 0.411 e. The van der Waals surface area contributed by atoms with Gasteiger partial charge in [-0.2, -0.15) is 0 Å². The first-order chi connectivity index (χ1) is 7.49. The Bertz CT molecular complexity index is 291. The van der Waals surface area contributed by atoms with Gasteiger partial charge in [-0.15, -0.1) is 18.0 Å². The molecule has 0 unspecified atom stereocenters. The number of unbranched alkanes of at least 4 members (excludes halogenated alkanes) is 1. The van der Waals surface area contributed by atoms with Crippen molar-refractivity contribution in [1.29, 1.82) is 0 Å². The molecule has 0 aromatic carbocycles. The number of rotatable bonds is 6. The summed E-state index contributed by atoms with van der Waals surface area (Å²) in [5.41, 5.74) is 4.18. The molecule has 0 spiro atoms. The summed E-state index contributed by atoms with van der Waals surface area (Å²) in [6.45, 7) is 10.4. The maximum absolute atomic E-state index is 8.76. The Morgan fingerprint density at radius 2 is 2.06 bits per heavy atom. The average molecular weight is 237 g/mol. The van der Waals surface area contributed by atoms with Crippen molar-refractivity contribution >= 4 is 13.8 Å². The minimum Gasteiger partial charge on any atom is -0.411 e. The van der Waals surface area contributed by atoms with E-state index in [2.05, 4.69) is 42.8 Å². The molecule has 90 valence electrons. The van der Waals surface area contributed by atoms with Gasteiger partial charge in [0.15, 0.2) is 0 Å². The summed E-state index contributed by atoms with van der Waals surface area (Å²) < 4.78 is 0. The van der Waals surface area contributed by atoms with E-state index in [-0.39, 0.29) is 0 Å². The second-order valence-corrected chi connectivity index (χ2v) is 9.65. The molecule has 0 bridgehead atoms. The molecule has 0 aliphatic rings. The van der Waals surface area contributed by atoms with Crippen molar-refractivity contribution in [2.24, 2.45) is 5.16 Å². The standard InChI is InChI=1S/C13H23NOSi/c1-5-6-10-13(14-15)11-8-7-9-12-16(2,3)4/h5,15H,1,6-8,10-11H2,2-4H3/b14-13+. The third-order valence-electron chi connectivity index (χ3n) is 2.01. The van der Waals surface area contributed by atoms with Crippen molar-refractivity contribution in [3.05, 3.63) is 12.7 Å². The zero-order valence-corrected chi connectivity index (χ0v) is 11.7. The molecular formula is C13H23NOSi. The topological polar surface area (TPSA) is 32.6 Å². The molecule has 0 heterocycles. The van der Waals surface area contributed by atoms with Crippen LogP contribution in [0.25, 0.3) is 0 Å². The van der Waals surface area contributed by atoms with E-state index in [9.17, 15) is 0 Å². The summed E-state index contributed by atoms with van der Waals surface area (Å²) in [5.74, 6) is 3.22. The summed E-state index contributed by atoms with van der Waals surface area (Å²) in [4.78, 5) is 0. The second-order valence-electron chi connectivity index (χ2n) is 4.90. The second kappa shape index (κ2) is 8.18. The van der Waals surface area contributed by atoms with Crippen LogP contribution in [-0.2, 0) is 0 Å². The van der Waals surface area contributed by atoms with Crippen molar-refractivity contribution < 1.29 is 5.21 Å². The lowest BCUT2D eigenvalue weighted by atomic mass is 10.1. The normalized spacial score (nSPS) is 11.8. The molecule has 0 aliphatic carbocycles. The Labute approximate surface area is 100 Å². The number of allylic oxidation sites excluding steroid dienone is 1. The Morgan fingerprint density at radius 3 is 2.56 bits per heavy atom. The first kappa shape index (κ1) is 15.0. The number of nitrogens with zero attached hydrogens (tertiary/aromatic N) is 1. The number of hydrogen-bond acceptors (Lipinski definition) is 2. The molecule has 0 saturated heterocycles. The lowest BCUT2D eigenvalue weighted by molar-refractivity contribution is 0.316. The molecule has 3 heteroatoms. The van der Waals surface area contributed by atoms with Crippen LogP contribution in [0.5, 0.6) is 0 Å². The fourth-order valence-corrected chi connectivity index (χ4v) is 1.86. The SMILES string of the molecule is C=CCC/C(CCCC#C[Si](C)(C)C)=N\O. The van der Waals surface area contributed by atoms with Crippen LogP contribution in [0.15, 0.2) is 17.8 Å². The van der Waals surface area contributed by atoms with E-state index in [1.54, 1.807) is 0 Å². The van der Waals surface area contributed by atoms with Crippen LogP contribution in [0.4, 0.5) is 0 Å². The minimum absolute atomic E-state index is 0.807. The monoisotopic (exact) mass is 237 g/mol. The molecule has 0 aliphatic heterocycles. The molecule has 2 nitrogen and oxygen atoms in total. The maximum Gasteiger partial charge on any atom is 0.129 e. The van der Waals surface area contributed by atoms with Gasteiger partial charge in [-0.05, 0) is 25.7 Å². The predicted octanol–water partition coefficient (Wildman–Crippen LogP) is 3.83. The van der Waals surface area contributed by atoms with Gasteiger partial charge < -0.3 is 5.21 Å². The van der Waals surface area contributed by atoms with Gasteiger partial charge in [0.25, 0.3) is 0 Å². The summed E-state index contributed by atoms with van der Waals surface area (Å²) in [7, 11) is -1.22. The number of oxime groups is 1. The number of hydrogen-bond donors (Lipinski definition) is 1. The van der Waals surface area contributed by atoms with E-state index in [4.69, 9.17) is 5.21 Å². The third-order valence-corrected chi connectivity index (χ3v) is 2.94. The predicted molar refractivity (Wildman–Crippen MR) is 73.6 cm³/mol. The highest BCUT2D eigenvalue weighted by Gasteiger charge is 2.06. The van der Waals surface area contributed by atoms with Crippen molar-refractivity contribution in [2.75, 3.05) is 0 Å². The van der Waals surface area contributed by atoms with Crippen LogP contribution >= 0.6 is 0 Å².